The summed E-state index contributed by atoms with van der Waals surface area (Å²) in [5.41, 5.74) is 2.22. The van der Waals surface area contributed by atoms with E-state index < -0.39 is 0 Å². The van der Waals surface area contributed by atoms with Crippen LogP contribution in [-0.2, 0) is 6.54 Å². The summed E-state index contributed by atoms with van der Waals surface area (Å²) >= 11 is 0. The summed E-state index contributed by atoms with van der Waals surface area (Å²) in [6.45, 7) is 2.77. The SMILES string of the molecule is COc1cc(CN[C@@H](C)c2ccccc2)cc(OC)c1O. The minimum Gasteiger partial charge on any atom is -0.502 e. The number of rotatable bonds is 6. The fraction of sp³-hybridized carbons (Fsp3) is 0.294. The molecule has 0 radical (unpaired) electrons. The van der Waals surface area contributed by atoms with Crippen LogP contribution in [0, 0.1) is 0 Å². The number of nitrogens with one attached hydrogen (secondary N) is 1. The number of phenolic OH excluding ortho intramolecular Hbond substituents is 1. The van der Waals surface area contributed by atoms with Crippen molar-refractivity contribution in [2.75, 3.05) is 14.2 Å². The van der Waals surface area contributed by atoms with Gasteiger partial charge in [0.05, 0.1) is 14.2 Å². The van der Waals surface area contributed by atoms with Crippen molar-refractivity contribution < 1.29 is 14.6 Å². The average molecular weight is 287 g/mol. The number of aromatic hydroxyl groups is 1. The van der Waals surface area contributed by atoms with Crippen LogP contribution in [0.5, 0.6) is 17.2 Å². The first-order chi connectivity index (χ1) is 10.2. The van der Waals surface area contributed by atoms with Crippen LogP contribution in [0.1, 0.15) is 24.1 Å². The van der Waals surface area contributed by atoms with Crippen LogP contribution < -0.4 is 14.8 Å². The summed E-state index contributed by atoms with van der Waals surface area (Å²) in [6, 6.07) is 14.1. The molecule has 0 spiro atoms. The number of ether oxygens (including phenoxy) is 2. The Kier molecular flexibility index (Phi) is 5.06. The van der Waals surface area contributed by atoms with Crippen molar-refractivity contribution in [3.8, 4) is 17.2 Å². The Labute approximate surface area is 125 Å². The van der Waals surface area contributed by atoms with Crippen molar-refractivity contribution in [3.63, 3.8) is 0 Å². The number of phenols is 1. The van der Waals surface area contributed by atoms with Gasteiger partial charge in [-0.1, -0.05) is 30.3 Å². The van der Waals surface area contributed by atoms with Gasteiger partial charge in [0, 0.05) is 12.6 Å². The minimum absolute atomic E-state index is 0.0276. The molecule has 0 aliphatic carbocycles. The van der Waals surface area contributed by atoms with E-state index in [1.165, 1.54) is 19.8 Å². The van der Waals surface area contributed by atoms with Crippen molar-refractivity contribution >= 4 is 0 Å². The molecule has 0 fully saturated rings. The summed E-state index contributed by atoms with van der Waals surface area (Å²) in [6.07, 6.45) is 0. The molecule has 0 saturated heterocycles. The second-order valence-electron chi connectivity index (χ2n) is 4.86. The van der Waals surface area contributed by atoms with E-state index in [1.54, 1.807) is 0 Å². The summed E-state index contributed by atoms with van der Waals surface area (Å²) in [4.78, 5) is 0. The van der Waals surface area contributed by atoms with Crippen molar-refractivity contribution in [2.24, 2.45) is 0 Å². The Hall–Kier alpha value is -2.20. The third-order valence-corrected chi connectivity index (χ3v) is 3.45. The van der Waals surface area contributed by atoms with Crippen LogP contribution in [0.4, 0.5) is 0 Å². The molecule has 0 saturated carbocycles. The van der Waals surface area contributed by atoms with Gasteiger partial charge in [0.1, 0.15) is 0 Å². The van der Waals surface area contributed by atoms with Crippen LogP contribution in [0.2, 0.25) is 0 Å². The van der Waals surface area contributed by atoms with Crippen LogP contribution >= 0.6 is 0 Å². The van der Waals surface area contributed by atoms with Gasteiger partial charge in [0.15, 0.2) is 11.5 Å². The molecule has 2 aromatic carbocycles. The maximum Gasteiger partial charge on any atom is 0.200 e. The highest BCUT2D eigenvalue weighted by atomic mass is 16.5. The maximum absolute atomic E-state index is 9.90. The molecule has 0 amide bonds. The Morgan fingerprint density at radius 2 is 1.62 bits per heavy atom. The van der Waals surface area contributed by atoms with Crippen molar-refractivity contribution in [1.29, 1.82) is 0 Å². The Bertz CT molecular complexity index is 559. The summed E-state index contributed by atoms with van der Waals surface area (Å²) in [7, 11) is 3.05. The number of methoxy groups -OCH3 is 2. The predicted molar refractivity (Wildman–Crippen MR) is 82.9 cm³/mol. The predicted octanol–water partition coefficient (Wildman–Crippen LogP) is 3.26. The number of hydrogen-bond acceptors (Lipinski definition) is 4. The first-order valence-corrected chi connectivity index (χ1v) is 6.88. The average Bonchev–Trinajstić information content (AvgIpc) is 2.54. The van der Waals surface area contributed by atoms with Crippen molar-refractivity contribution in [1.82, 2.24) is 5.32 Å². The molecule has 4 heteroatoms. The van der Waals surface area contributed by atoms with Crippen LogP contribution in [0.3, 0.4) is 0 Å². The zero-order valence-electron chi connectivity index (χ0n) is 12.6. The van der Waals surface area contributed by atoms with Gasteiger partial charge >= 0.3 is 0 Å². The first kappa shape index (κ1) is 15.2. The standard InChI is InChI=1S/C17H21NO3/c1-12(14-7-5-4-6-8-14)18-11-13-9-15(20-2)17(19)16(10-13)21-3/h4-10,12,18-19H,11H2,1-3H3/t12-/m0/s1. The van der Waals surface area contributed by atoms with Crippen molar-refractivity contribution in [2.45, 2.75) is 19.5 Å². The lowest BCUT2D eigenvalue weighted by atomic mass is 10.1. The largest absolute Gasteiger partial charge is 0.502 e. The lowest BCUT2D eigenvalue weighted by molar-refractivity contribution is 0.339. The van der Waals surface area contributed by atoms with E-state index >= 15 is 0 Å². The molecule has 4 nitrogen and oxygen atoms in total. The zero-order valence-corrected chi connectivity index (χ0v) is 12.6. The van der Waals surface area contributed by atoms with Gasteiger partial charge in [-0.15, -0.1) is 0 Å². The van der Waals surface area contributed by atoms with Crippen molar-refractivity contribution in [3.05, 3.63) is 53.6 Å². The molecule has 0 aromatic heterocycles. The molecule has 21 heavy (non-hydrogen) atoms. The molecule has 0 bridgehead atoms. The molecule has 0 aliphatic heterocycles. The van der Waals surface area contributed by atoms with E-state index in [2.05, 4.69) is 24.4 Å². The van der Waals surface area contributed by atoms with E-state index in [0.717, 1.165) is 5.56 Å². The van der Waals surface area contributed by atoms with Gasteiger partial charge in [0.25, 0.3) is 0 Å². The van der Waals surface area contributed by atoms with Gasteiger partial charge in [0.2, 0.25) is 5.75 Å². The fourth-order valence-electron chi connectivity index (χ4n) is 2.18. The topological polar surface area (TPSA) is 50.7 Å². The van der Waals surface area contributed by atoms with Crippen LogP contribution in [0.25, 0.3) is 0 Å². The highest BCUT2D eigenvalue weighted by Gasteiger charge is 2.12. The molecule has 0 unspecified atom stereocenters. The highest BCUT2D eigenvalue weighted by molar-refractivity contribution is 5.52. The third-order valence-electron chi connectivity index (χ3n) is 3.45. The van der Waals surface area contributed by atoms with Crippen LogP contribution in [-0.4, -0.2) is 19.3 Å². The lowest BCUT2D eigenvalue weighted by Gasteiger charge is -2.16. The quantitative estimate of drug-likeness (QED) is 0.856. The van der Waals surface area contributed by atoms with Gasteiger partial charge in [-0.3, -0.25) is 0 Å². The minimum atomic E-state index is 0.0276. The van der Waals surface area contributed by atoms with E-state index in [1.807, 2.05) is 30.3 Å². The van der Waals surface area contributed by atoms with E-state index in [-0.39, 0.29) is 11.8 Å². The smallest absolute Gasteiger partial charge is 0.200 e. The number of benzene rings is 2. The Morgan fingerprint density at radius 3 is 2.14 bits per heavy atom. The van der Waals surface area contributed by atoms with E-state index in [9.17, 15) is 5.11 Å². The molecular weight excluding hydrogens is 266 g/mol. The fourth-order valence-corrected chi connectivity index (χ4v) is 2.18. The molecule has 0 heterocycles. The molecular formula is C17H21NO3. The molecule has 2 rings (SSSR count). The van der Waals surface area contributed by atoms with Gasteiger partial charge in [-0.25, -0.2) is 0 Å². The second-order valence-corrected chi connectivity index (χ2v) is 4.86. The number of hydrogen-bond donors (Lipinski definition) is 2. The Morgan fingerprint density at radius 1 is 1.05 bits per heavy atom. The molecule has 2 aromatic rings. The van der Waals surface area contributed by atoms with Gasteiger partial charge < -0.3 is 19.9 Å². The molecule has 1 atom stereocenters. The van der Waals surface area contributed by atoms with E-state index in [0.29, 0.717) is 18.0 Å². The monoisotopic (exact) mass is 287 g/mol. The summed E-state index contributed by atoms with van der Waals surface area (Å²) < 4.78 is 10.3. The zero-order chi connectivity index (χ0) is 15.2. The Balaban J connectivity index is 2.09. The highest BCUT2D eigenvalue weighted by Crippen LogP contribution is 2.37. The maximum atomic E-state index is 9.90. The van der Waals surface area contributed by atoms with Gasteiger partial charge in [-0.05, 0) is 30.2 Å². The molecule has 112 valence electrons. The summed E-state index contributed by atoms with van der Waals surface area (Å²) in [5.74, 6) is 0.858. The molecule has 0 aliphatic rings. The second kappa shape index (κ2) is 6.99. The summed E-state index contributed by atoms with van der Waals surface area (Å²) in [5, 5.41) is 13.3. The van der Waals surface area contributed by atoms with E-state index in [4.69, 9.17) is 9.47 Å². The third kappa shape index (κ3) is 3.67. The lowest BCUT2D eigenvalue weighted by Crippen LogP contribution is -2.18. The molecule has 2 N–H and O–H groups in total. The van der Waals surface area contributed by atoms with Crippen LogP contribution in [0.15, 0.2) is 42.5 Å². The first-order valence-electron chi connectivity index (χ1n) is 6.88. The van der Waals surface area contributed by atoms with Gasteiger partial charge in [-0.2, -0.15) is 0 Å². The normalized spacial score (nSPS) is 12.0.